The Hall–Kier alpha value is -1.07. The molecule has 1 unspecified atom stereocenters. The summed E-state index contributed by atoms with van der Waals surface area (Å²) in [5, 5.41) is 11.6. The Bertz CT molecular complexity index is 412. The number of nitrogens with one attached hydrogen (secondary N) is 1. The van der Waals surface area contributed by atoms with Crippen LogP contribution in [-0.2, 0) is 0 Å². The van der Waals surface area contributed by atoms with Gasteiger partial charge in [0.2, 0.25) is 0 Å². The Morgan fingerprint density at radius 2 is 2.28 bits per heavy atom. The Balaban J connectivity index is 2.39. The number of amides is 1. The number of hydrogen-bond donors (Lipinski definition) is 3. The van der Waals surface area contributed by atoms with E-state index in [0.717, 1.165) is 12.8 Å². The molecular weight excluding hydrogens is 253 g/mol. The molecule has 0 saturated carbocycles. The Kier molecular flexibility index (Phi) is 6.15. The molecule has 2 N–H and O–H groups in total. The number of halogens is 1. The number of thiol groups is 1. The van der Waals surface area contributed by atoms with Crippen LogP contribution < -0.4 is 5.32 Å². The molecule has 3 nitrogen and oxygen atoms in total. The number of carbonyl (C=O) groups is 1. The monoisotopic (exact) mass is 271 g/mol. The average molecular weight is 271 g/mol. The number of hydrogen-bond acceptors (Lipinski definition) is 3. The van der Waals surface area contributed by atoms with E-state index in [2.05, 4.69) is 17.9 Å². The lowest BCUT2D eigenvalue weighted by Gasteiger charge is -2.08. The smallest absolute Gasteiger partial charge is 0.251 e. The van der Waals surface area contributed by atoms with E-state index in [1.807, 2.05) is 6.92 Å². The minimum atomic E-state index is -0.438. The van der Waals surface area contributed by atoms with E-state index in [9.17, 15) is 9.18 Å². The molecular formula is C13H18FNO2S. The van der Waals surface area contributed by atoms with Crippen LogP contribution in [0.4, 0.5) is 4.39 Å². The summed E-state index contributed by atoms with van der Waals surface area (Å²) in [7, 11) is 0. The van der Waals surface area contributed by atoms with Gasteiger partial charge >= 0.3 is 0 Å². The minimum absolute atomic E-state index is 0.162. The first kappa shape index (κ1) is 15.0. The molecule has 0 heterocycles. The summed E-state index contributed by atoms with van der Waals surface area (Å²) >= 11 is 3.93. The maximum atomic E-state index is 13.0. The highest BCUT2D eigenvalue weighted by molar-refractivity contribution is 7.80. The van der Waals surface area contributed by atoms with Gasteiger partial charge in [-0.05, 0) is 37.0 Å². The van der Waals surface area contributed by atoms with Gasteiger partial charge in [-0.3, -0.25) is 4.79 Å². The molecule has 1 rings (SSSR count). The molecule has 1 aromatic carbocycles. The summed E-state index contributed by atoms with van der Waals surface area (Å²) in [6, 6.07) is 4.07. The summed E-state index contributed by atoms with van der Waals surface area (Å²) < 4.78 is 13.0. The molecule has 0 aliphatic heterocycles. The van der Waals surface area contributed by atoms with Crippen molar-refractivity contribution in [3.63, 3.8) is 0 Å². The van der Waals surface area contributed by atoms with Crippen molar-refractivity contribution in [3.8, 4) is 0 Å². The second kappa shape index (κ2) is 7.38. The van der Waals surface area contributed by atoms with Crippen molar-refractivity contribution in [2.45, 2.75) is 24.7 Å². The molecule has 1 atom stereocenters. The third kappa shape index (κ3) is 4.66. The zero-order valence-electron chi connectivity index (χ0n) is 10.3. The molecule has 0 aliphatic rings. The second-order valence-corrected chi connectivity index (χ2v) is 4.83. The first-order valence-corrected chi connectivity index (χ1v) is 6.37. The quantitative estimate of drug-likeness (QED) is 0.549. The van der Waals surface area contributed by atoms with Crippen LogP contribution in [0.5, 0.6) is 0 Å². The number of benzene rings is 1. The average Bonchev–Trinajstić information content (AvgIpc) is 2.37. The molecule has 0 spiro atoms. The lowest BCUT2D eigenvalue weighted by atomic mass is 10.1. The van der Waals surface area contributed by atoms with Crippen molar-refractivity contribution in [3.05, 3.63) is 29.6 Å². The van der Waals surface area contributed by atoms with Crippen molar-refractivity contribution in [2.24, 2.45) is 5.92 Å². The maximum Gasteiger partial charge on any atom is 0.251 e. The Labute approximate surface area is 112 Å². The van der Waals surface area contributed by atoms with Crippen LogP contribution in [0.25, 0.3) is 0 Å². The highest BCUT2D eigenvalue weighted by atomic mass is 32.1. The van der Waals surface area contributed by atoms with Crippen molar-refractivity contribution >= 4 is 18.5 Å². The SMILES string of the molecule is CC(CO)CCCNC(=O)c1ccc(F)c(S)c1. The number of aliphatic hydroxyl groups excluding tert-OH is 1. The van der Waals surface area contributed by atoms with E-state index >= 15 is 0 Å². The lowest BCUT2D eigenvalue weighted by Crippen LogP contribution is -2.25. The molecule has 1 aromatic rings. The minimum Gasteiger partial charge on any atom is -0.396 e. The van der Waals surface area contributed by atoms with Crippen LogP contribution in [0.3, 0.4) is 0 Å². The van der Waals surface area contributed by atoms with Crippen LogP contribution in [0.1, 0.15) is 30.1 Å². The third-order valence-electron chi connectivity index (χ3n) is 2.68. The summed E-state index contributed by atoms with van der Waals surface area (Å²) in [6.45, 7) is 2.66. The zero-order chi connectivity index (χ0) is 13.5. The van der Waals surface area contributed by atoms with Crippen molar-refractivity contribution < 1.29 is 14.3 Å². The fourth-order valence-corrected chi connectivity index (χ4v) is 1.71. The largest absolute Gasteiger partial charge is 0.396 e. The van der Waals surface area contributed by atoms with E-state index in [0.29, 0.717) is 12.1 Å². The zero-order valence-corrected chi connectivity index (χ0v) is 11.2. The van der Waals surface area contributed by atoms with Gasteiger partial charge in [0.25, 0.3) is 5.91 Å². The molecule has 18 heavy (non-hydrogen) atoms. The van der Waals surface area contributed by atoms with Gasteiger partial charge < -0.3 is 10.4 Å². The van der Waals surface area contributed by atoms with Gasteiger partial charge in [-0.2, -0.15) is 0 Å². The fourth-order valence-electron chi connectivity index (χ4n) is 1.50. The predicted octanol–water partition coefficient (Wildman–Crippen LogP) is 2.25. The topological polar surface area (TPSA) is 49.3 Å². The van der Waals surface area contributed by atoms with Gasteiger partial charge in [0.15, 0.2) is 0 Å². The molecule has 0 aromatic heterocycles. The molecule has 0 radical (unpaired) electrons. The third-order valence-corrected chi connectivity index (χ3v) is 3.02. The molecule has 0 saturated heterocycles. The highest BCUT2D eigenvalue weighted by Gasteiger charge is 2.07. The normalized spacial score (nSPS) is 12.2. The summed E-state index contributed by atoms with van der Waals surface area (Å²) in [5.41, 5.74) is 0.400. The van der Waals surface area contributed by atoms with Crippen LogP contribution >= 0.6 is 12.6 Å². The number of aliphatic hydroxyl groups is 1. The summed E-state index contributed by atoms with van der Waals surface area (Å²) in [5.74, 6) is -0.426. The number of rotatable bonds is 6. The molecule has 0 fully saturated rings. The lowest BCUT2D eigenvalue weighted by molar-refractivity contribution is 0.0952. The molecule has 0 aliphatic carbocycles. The van der Waals surface area contributed by atoms with E-state index in [1.54, 1.807) is 0 Å². The van der Waals surface area contributed by atoms with Crippen molar-refractivity contribution in [2.75, 3.05) is 13.2 Å². The summed E-state index contributed by atoms with van der Waals surface area (Å²) in [4.78, 5) is 11.9. The summed E-state index contributed by atoms with van der Waals surface area (Å²) in [6.07, 6.45) is 1.67. The van der Waals surface area contributed by atoms with E-state index in [-0.39, 0.29) is 23.3 Å². The van der Waals surface area contributed by atoms with Gasteiger partial charge in [-0.15, -0.1) is 12.6 Å². The van der Waals surface area contributed by atoms with E-state index in [4.69, 9.17) is 5.11 Å². The van der Waals surface area contributed by atoms with Crippen LogP contribution in [-0.4, -0.2) is 24.2 Å². The predicted molar refractivity (Wildman–Crippen MR) is 71.5 cm³/mol. The first-order valence-electron chi connectivity index (χ1n) is 5.92. The molecule has 100 valence electrons. The van der Waals surface area contributed by atoms with E-state index < -0.39 is 5.82 Å². The van der Waals surface area contributed by atoms with Gasteiger partial charge in [0.1, 0.15) is 5.82 Å². The molecule has 5 heteroatoms. The van der Waals surface area contributed by atoms with Crippen LogP contribution in [0, 0.1) is 11.7 Å². The van der Waals surface area contributed by atoms with Crippen molar-refractivity contribution in [1.82, 2.24) is 5.32 Å². The second-order valence-electron chi connectivity index (χ2n) is 4.35. The van der Waals surface area contributed by atoms with E-state index in [1.165, 1.54) is 18.2 Å². The Morgan fingerprint density at radius 3 is 2.89 bits per heavy atom. The van der Waals surface area contributed by atoms with Gasteiger partial charge in [-0.1, -0.05) is 6.92 Å². The first-order chi connectivity index (χ1) is 8.54. The number of carbonyl (C=O) groups excluding carboxylic acids is 1. The Morgan fingerprint density at radius 1 is 1.56 bits per heavy atom. The fraction of sp³-hybridized carbons (Fsp3) is 0.462. The van der Waals surface area contributed by atoms with Crippen LogP contribution in [0.15, 0.2) is 23.1 Å². The van der Waals surface area contributed by atoms with Gasteiger partial charge in [0, 0.05) is 23.6 Å². The van der Waals surface area contributed by atoms with Gasteiger partial charge in [-0.25, -0.2) is 4.39 Å². The highest BCUT2D eigenvalue weighted by Crippen LogP contribution is 2.14. The maximum absolute atomic E-state index is 13.0. The van der Waals surface area contributed by atoms with Gasteiger partial charge in [0.05, 0.1) is 0 Å². The molecule has 1 amide bonds. The van der Waals surface area contributed by atoms with Crippen molar-refractivity contribution in [1.29, 1.82) is 0 Å². The molecule has 0 bridgehead atoms. The standard InChI is InChI=1S/C13H18FNO2S/c1-9(8-16)3-2-6-15-13(17)10-4-5-11(14)12(18)7-10/h4-5,7,9,16,18H,2-3,6,8H2,1H3,(H,15,17). The van der Waals surface area contributed by atoms with Crippen LogP contribution in [0.2, 0.25) is 0 Å².